The lowest BCUT2D eigenvalue weighted by Gasteiger charge is -2.18. The Labute approximate surface area is 216 Å². The molecule has 0 unspecified atom stereocenters. The molecule has 0 fully saturated rings. The molecule has 9 nitrogen and oxygen atoms in total. The number of carbonyl (C=O) groups excluding carboxylic acids is 4. The fourth-order valence-corrected chi connectivity index (χ4v) is 3.86. The molecule has 3 N–H and O–H groups in total. The summed E-state index contributed by atoms with van der Waals surface area (Å²) in [6.07, 6.45) is 1.80. The smallest absolute Gasteiger partial charge is 0.339 e. The number of rotatable bonds is 9. The number of aromatic amines is 1. The number of H-pyrrole nitrogens is 1. The van der Waals surface area contributed by atoms with E-state index < -0.39 is 42.2 Å². The van der Waals surface area contributed by atoms with Crippen LogP contribution in [-0.2, 0) is 25.5 Å². The molecule has 1 heterocycles. The van der Waals surface area contributed by atoms with Crippen molar-refractivity contribution in [3.05, 3.63) is 102 Å². The summed E-state index contributed by atoms with van der Waals surface area (Å²) >= 11 is 0. The normalized spacial score (nSPS) is 11.4. The molecule has 0 aliphatic heterocycles. The van der Waals surface area contributed by atoms with Gasteiger partial charge in [0.1, 0.15) is 11.9 Å². The number of esters is 2. The van der Waals surface area contributed by atoms with Crippen molar-refractivity contribution in [2.75, 3.05) is 19.0 Å². The van der Waals surface area contributed by atoms with Gasteiger partial charge in [0, 0.05) is 29.1 Å². The number of fused-ring (bicyclic) bond motifs is 1. The molecule has 0 saturated carbocycles. The number of aromatic nitrogens is 1. The molecule has 2 amide bonds. The highest BCUT2D eigenvalue weighted by Gasteiger charge is 2.26. The first kappa shape index (κ1) is 26.1. The van der Waals surface area contributed by atoms with Crippen molar-refractivity contribution in [3.8, 4) is 0 Å². The van der Waals surface area contributed by atoms with Gasteiger partial charge in [-0.2, -0.15) is 0 Å². The van der Waals surface area contributed by atoms with Gasteiger partial charge >= 0.3 is 11.9 Å². The SMILES string of the molecule is COC(=O)c1ccccc1NC(=O)COC(=O)[C@H](Cc1c[nH]c2ccccc12)NC(=O)c1ccc(F)cc1. The number of methoxy groups -OCH3 is 1. The second-order valence-electron chi connectivity index (χ2n) is 8.29. The summed E-state index contributed by atoms with van der Waals surface area (Å²) in [5, 5.41) is 5.99. The van der Waals surface area contributed by atoms with Gasteiger partial charge in [-0.15, -0.1) is 0 Å². The minimum Gasteiger partial charge on any atom is -0.465 e. The molecule has 4 rings (SSSR count). The summed E-state index contributed by atoms with van der Waals surface area (Å²) in [7, 11) is 1.22. The van der Waals surface area contributed by atoms with E-state index in [0.29, 0.717) is 0 Å². The van der Waals surface area contributed by atoms with Crippen LogP contribution in [0.15, 0.2) is 79.0 Å². The summed E-state index contributed by atoms with van der Waals surface area (Å²) in [6.45, 7) is -0.662. The van der Waals surface area contributed by atoms with E-state index in [0.717, 1.165) is 28.6 Å². The molecule has 10 heteroatoms. The molecule has 0 spiro atoms. The van der Waals surface area contributed by atoms with Crippen LogP contribution in [0, 0.1) is 5.82 Å². The molecule has 4 aromatic rings. The van der Waals surface area contributed by atoms with Gasteiger partial charge in [-0.05, 0) is 48.0 Å². The van der Waals surface area contributed by atoms with E-state index in [-0.39, 0.29) is 23.2 Å². The summed E-state index contributed by atoms with van der Waals surface area (Å²) in [6, 6.07) is 17.4. The minimum absolute atomic E-state index is 0.0720. The number of para-hydroxylation sites is 2. The van der Waals surface area contributed by atoms with Crippen molar-refractivity contribution in [1.29, 1.82) is 0 Å². The van der Waals surface area contributed by atoms with Crippen LogP contribution < -0.4 is 10.6 Å². The fraction of sp³-hybridized carbons (Fsp3) is 0.143. The third-order valence-electron chi connectivity index (χ3n) is 5.75. The highest BCUT2D eigenvalue weighted by molar-refractivity contribution is 6.02. The number of halogens is 1. The van der Waals surface area contributed by atoms with Crippen molar-refractivity contribution in [2.24, 2.45) is 0 Å². The average molecular weight is 518 g/mol. The number of anilines is 1. The van der Waals surface area contributed by atoms with Crippen molar-refractivity contribution in [2.45, 2.75) is 12.5 Å². The van der Waals surface area contributed by atoms with Gasteiger partial charge in [0.15, 0.2) is 6.61 Å². The lowest BCUT2D eigenvalue weighted by Crippen LogP contribution is -2.44. The van der Waals surface area contributed by atoms with Crippen LogP contribution in [0.5, 0.6) is 0 Å². The number of amides is 2. The van der Waals surface area contributed by atoms with Gasteiger partial charge in [0.25, 0.3) is 11.8 Å². The van der Waals surface area contributed by atoms with Gasteiger partial charge in [-0.3, -0.25) is 9.59 Å². The zero-order chi connectivity index (χ0) is 27.1. The van der Waals surface area contributed by atoms with Crippen molar-refractivity contribution in [1.82, 2.24) is 10.3 Å². The van der Waals surface area contributed by atoms with Crippen molar-refractivity contribution in [3.63, 3.8) is 0 Å². The topological polar surface area (TPSA) is 127 Å². The van der Waals surface area contributed by atoms with Gasteiger partial charge in [-0.25, -0.2) is 14.0 Å². The zero-order valence-electron chi connectivity index (χ0n) is 20.3. The average Bonchev–Trinajstić information content (AvgIpc) is 3.34. The zero-order valence-corrected chi connectivity index (χ0v) is 20.3. The monoisotopic (exact) mass is 517 g/mol. The Morgan fingerprint density at radius 2 is 1.66 bits per heavy atom. The van der Waals surface area contributed by atoms with Crippen LogP contribution in [0.4, 0.5) is 10.1 Å². The maximum atomic E-state index is 13.3. The predicted octanol–water partition coefficient (Wildman–Crippen LogP) is 3.62. The van der Waals surface area contributed by atoms with Crippen LogP contribution in [-0.4, -0.2) is 48.5 Å². The summed E-state index contributed by atoms with van der Waals surface area (Å²) in [5.74, 6) is -3.29. The number of ether oxygens (including phenoxy) is 2. The Morgan fingerprint density at radius 1 is 0.947 bits per heavy atom. The van der Waals surface area contributed by atoms with Crippen LogP contribution in [0.3, 0.4) is 0 Å². The summed E-state index contributed by atoms with van der Waals surface area (Å²) < 4.78 is 23.2. The van der Waals surface area contributed by atoms with Crippen molar-refractivity contribution < 1.29 is 33.0 Å². The maximum Gasteiger partial charge on any atom is 0.339 e. The molecular weight excluding hydrogens is 493 g/mol. The molecule has 3 aromatic carbocycles. The first-order chi connectivity index (χ1) is 18.4. The Kier molecular flexibility index (Phi) is 8.12. The van der Waals surface area contributed by atoms with Gasteiger partial charge in [0.2, 0.25) is 0 Å². The largest absolute Gasteiger partial charge is 0.465 e. The van der Waals surface area contributed by atoms with Crippen LogP contribution in [0.25, 0.3) is 10.9 Å². The van der Waals surface area contributed by atoms with E-state index >= 15 is 0 Å². The first-order valence-electron chi connectivity index (χ1n) is 11.6. The standard InChI is InChI=1S/C28H24FN3O6/c1-37-27(35)21-7-3-5-9-23(21)31-25(33)16-38-28(36)24(32-26(34)17-10-12-19(29)13-11-17)14-18-15-30-22-8-4-2-6-20(18)22/h2-13,15,24,30H,14,16H2,1H3,(H,31,33)(H,32,34)/t24-/m0/s1. The van der Waals surface area contributed by atoms with Crippen LogP contribution in [0.2, 0.25) is 0 Å². The Bertz CT molecular complexity index is 1480. The lowest BCUT2D eigenvalue weighted by molar-refractivity contribution is -0.149. The van der Waals surface area contributed by atoms with E-state index in [9.17, 15) is 23.6 Å². The Morgan fingerprint density at radius 3 is 2.42 bits per heavy atom. The molecule has 1 aromatic heterocycles. The second kappa shape index (κ2) is 11.8. The number of benzene rings is 3. The minimum atomic E-state index is -1.15. The van der Waals surface area contributed by atoms with Crippen molar-refractivity contribution >= 4 is 40.3 Å². The van der Waals surface area contributed by atoms with E-state index in [1.807, 2.05) is 24.3 Å². The van der Waals surface area contributed by atoms with Gasteiger partial charge < -0.3 is 25.1 Å². The molecule has 0 aliphatic carbocycles. The maximum absolute atomic E-state index is 13.3. The third-order valence-corrected chi connectivity index (χ3v) is 5.75. The number of nitrogens with one attached hydrogen (secondary N) is 3. The number of hydrogen-bond donors (Lipinski definition) is 3. The molecule has 0 saturated heterocycles. The second-order valence-corrected chi connectivity index (χ2v) is 8.29. The molecule has 0 aliphatic rings. The van der Waals surface area contributed by atoms with E-state index in [2.05, 4.69) is 15.6 Å². The lowest BCUT2D eigenvalue weighted by atomic mass is 10.0. The summed E-state index contributed by atoms with van der Waals surface area (Å²) in [4.78, 5) is 53.4. The molecule has 38 heavy (non-hydrogen) atoms. The van der Waals surface area contributed by atoms with Crippen LogP contribution >= 0.6 is 0 Å². The summed E-state index contributed by atoms with van der Waals surface area (Å²) in [5.41, 5.74) is 2.08. The molecule has 0 radical (unpaired) electrons. The van der Waals surface area contributed by atoms with Gasteiger partial charge in [-0.1, -0.05) is 30.3 Å². The first-order valence-corrected chi connectivity index (χ1v) is 11.6. The highest BCUT2D eigenvalue weighted by atomic mass is 19.1. The fourth-order valence-electron chi connectivity index (χ4n) is 3.86. The Balaban J connectivity index is 1.48. The quantitative estimate of drug-likeness (QED) is 0.291. The molecule has 0 bridgehead atoms. The van der Waals surface area contributed by atoms with E-state index in [1.54, 1.807) is 18.3 Å². The van der Waals surface area contributed by atoms with E-state index in [1.165, 1.54) is 31.4 Å². The highest BCUT2D eigenvalue weighted by Crippen LogP contribution is 2.20. The number of carbonyl (C=O) groups is 4. The third kappa shape index (κ3) is 6.22. The molecular formula is C28H24FN3O6. The molecule has 194 valence electrons. The predicted molar refractivity (Wildman–Crippen MR) is 137 cm³/mol. The van der Waals surface area contributed by atoms with E-state index in [4.69, 9.17) is 9.47 Å². The molecule has 1 atom stereocenters. The Hall–Kier alpha value is -4.99. The van der Waals surface area contributed by atoms with Crippen LogP contribution in [0.1, 0.15) is 26.3 Å². The number of hydrogen-bond acceptors (Lipinski definition) is 6. The van der Waals surface area contributed by atoms with Gasteiger partial charge in [0.05, 0.1) is 18.4 Å².